The largest absolute Gasteiger partial charge is 0.440 e. The number of benzene rings is 3. The molecule has 1 aliphatic carbocycles. The van der Waals surface area contributed by atoms with Gasteiger partial charge in [-0.05, 0) is 77.1 Å². The van der Waals surface area contributed by atoms with Gasteiger partial charge in [0.25, 0.3) is 11.8 Å². The van der Waals surface area contributed by atoms with Crippen molar-refractivity contribution in [2.45, 2.75) is 43.9 Å². The van der Waals surface area contributed by atoms with Crippen molar-refractivity contribution in [1.82, 2.24) is 14.9 Å². The first kappa shape index (κ1) is 29.7. The highest BCUT2D eigenvalue weighted by molar-refractivity contribution is 5.97. The Morgan fingerprint density at radius 3 is 2.35 bits per heavy atom. The molecular formula is C36H31F3N4O3. The fourth-order valence-corrected chi connectivity index (χ4v) is 6.19. The van der Waals surface area contributed by atoms with E-state index in [1.54, 1.807) is 36.5 Å². The number of fused-ring (bicyclic) bond motifs is 1. The number of aromatic nitrogens is 2. The van der Waals surface area contributed by atoms with Crippen molar-refractivity contribution in [3.63, 3.8) is 0 Å². The number of amides is 1. The molecule has 2 aromatic heterocycles. The SMILES string of the molecule is Nc1ccc([C@H]2C[C@@H]2C(=O)CCc2nc3cc(-c4ccc(C(=O)N5CCC(F)(F)CC5)cc4)cc(-c4ccc(F)cc4)c3o2)cn1. The molecule has 1 amide bonds. The minimum atomic E-state index is -2.73. The van der Waals surface area contributed by atoms with Crippen LogP contribution in [0.15, 0.2) is 83.4 Å². The lowest BCUT2D eigenvalue weighted by molar-refractivity contribution is -0.120. The van der Waals surface area contributed by atoms with Crippen LogP contribution < -0.4 is 5.73 Å². The molecule has 1 aliphatic heterocycles. The lowest BCUT2D eigenvalue weighted by Gasteiger charge is -2.31. The molecule has 1 saturated carbocycles. The maximum Gasteiger partial charge on any atom is 0.253 e. The molecule has 3 heterocycles. The molecule has 10 heteroatoms. The van der Waals surface area contributed by atoms with E-state index in [1.165, 1.54) is 17.0 Å². The maximum atomic E-state index is 13.8. The Labute approximate surface area is 263 Å². The molecule has 0 bridgehead atoms. The summed E-state index contributed by atoms with van der Waals surface area (Å²) in [5.74, 6) is -2.23. The summed E-state index contributed by atoms with van der Waals surface area (Å²) < 4.78 is 47.2. The molecule has 46 heavy (non-hydrogen) atoms. The Morgan fingerprint density at radius 2 is 1.65 bits per heavy atom. The molecule has 2 fully saturated rings. The van der Waals surface area contributed by atoms with Crippen molar-refractivity contribution in [2.75, 3.05) is 18.8 Å². The smallest absolute Gasteiger partial charge is 0.253 e. The van der Waals surface area contributed by atoms with Gasteiger partial charge in [-0.25, -0.2) is 23.1 Å². The van der Waals surface area contributed by atoms with Crippen molar-refractivity contribution in [2.24, 2.45) is 5.92 Å². The number of nitrogens with two attached hydrogens (primary N) is 1. The predicted octanol–water partition coefficient (Wildman–Crippen LogP) is 7.45. The number of pyridine rings is 1. The number of hydrogen-bond donors (Lipinski definition) is 1. The third kappa shape index (κ3) is 6.11. The second-order valence-corrected chi connectivity index (χ2v) is 12.1. The molecule has 234 valence electrons. The maximum absolute atomic E-state index is 13.8. The number of alkyl halides is 2. The van der Waals surface area contributed by atoms with Gasteiger partial charge in [-0.3, -0.25) is 9.59 Å². The highest BCUT2D eigenvalue weighted by atomic mass is 19.3. The lowest BCUT2D eigenvalue weighted by Crippen LogP contribution is -2.42. The van der Waals surface area contributed by atoms with Gasteiger partial charge in [0.2, 0.25) is 0 Å². The van der Waals surface area contributed by atoms with E-state index in [1.807, 2.05) is 30.3 Å². The van der Waals surface area contributed by atoms with Gasteiger partial charge in [0.1, 0.15) is 22.9 Å². The zero-order valence-electron chi connectivity index (χ0n) is 24.9. The van der Waals surface area contributed by atoms with Crippen LogP contribution in [0.5, 0.6) is 0 Å². The van der Waals surface area contributed by atoms with Gasteiger partial charge in [-0.2, -0.15) is 0 Å². The molecular weight excluding hydrogens is 593 g/mol. The van der Waals surface area contributed by atoms with Crippen LogP contribution in [0.3, 0.4) is 0 Å². The molecule has 2 N–H and O–H groups in total. The van der Waals surface area contributed by atoms with Gasteiger partial charge in [0.05, 0.1) is 0 Å². The number of Topliss-reactive ketones (excluding diaryl/α,β-unsaturated/α-hetero) is 1. The number of carbonyl (C=O) groups excluding carboxylic acids is 2. The second kappa shape index (κ2) is 11.7. The van der Waals surface area contributed by atoms with Gasteiger partial charge in [-0.15, -0.1) is 0 Å². The molecule has 0 radical (unpaired) electrons. The summed E-state index contributed by atoms with van der Waals surface area (Å²) in [6.07, 6.45) is 2.48. The third-order valence-electron chi connectivity index (χ3n) is 8.96. The number of hydrogen-bond acceptors (Lipinski definition) is 6. The molecule has 1 saturated heterocycles. The van der Waals surface area contributed by atoms with E-state index < -0.39 is 5.92 Å². The average Bonchev–Trinajstić information content (AvgIpc) is 3.75. The summed E-state index contributed by atoms with van der Waals surface area (Å²) in [7, 11) is 0. The quantitative estimate of drug-likeness (QED) is 0.192. The van der Waals surface area contributed by atoms with Crippen LogP contribution in [0.1, 0.15) is 53.4 Å². The van der Waals surface area contributed by atoms with E-state index in [4.69, 9.17) is 15.1 Å². The number of carbonyl (C=O) groups is 2. The van der Waals surface area contributed by atoms with E-state index in [9.17, 15) is 22.8 Å². The van der Waals surface area contributed by atoms with Crippen LogP contribution >= 0.6 is 0 Å². The van der Waals surface area contributed by atoms with Gasteiger partial charge in [-0.1, -0.05) is 30.3 Å². The summed E-state index contributed by atoms with van der Waals surface area (Å²) in [6.45, 7) is 0.0410. The topological polar surface area (TPSA) is 102 Å². The number of nitrogens with zero attached hydrogens (tertiary/aromatic N) is 3. The first-order valence-corrected chi connectivity index (χ1v) is 15.3. The highest BCUT2D eigenvalue weighted by Crippen LogP contribution is 2.48. The first-order chi connectivity index (χ1) is 22.1. The van der Waals surface area contributed by atoms with Crippen LogP contribution in [0, 0.1) is 11.7 Å². The fourth-order valence-electron chi connectivity index (χ4n) is 6.19. The normalized spacial score (nSPS) is 18.9. The van der Waals surface area contributed by atoms with E-state index in [-0.39, 0.29) is 55.3 Å². The monoisotopic (exact) mass is 624 g/mol. The molecule has 2 aliphatic rings. The predicted molar refractivity (Wildman–Crippen MR) is 168 cm³/mol. The number of nitrogen functional groups attached to an aromatic ring is 1. The first-order valence-electron chi connectivity index (χ1n) is 15.3. The standard InChI is InChI=1S/C36H31F3N4O3/c37-26-8-5-22(6-9-26)28-17-25(21-1-3-23(4-2-21)35(45)43-15-13-36(38,39)14-16-43)18-30-34(28)46-33(42-30)12-10-31(44)29-19-27(29)24-7-11-32(40)41-20-24/h1-9,11,17-18,20,27,29H,10,12-16,19H2,(H2,40,41)/t27-,29+/m1/s1. The number of ketones is 1. The Hall–Kier alpha value is -4.99. The summed E-state index contributed by atoms with van der Waals surface area (Å²) >= 11 is 0. The lowest BCUT2D eigenvalue weighted by atomic mass is 9.97. The second-order valence-electron chi connectivity index (χ2n) is 12.1. The molecule has 3 aromatic carbocycles. The number of piperidine rings is 1. The number of oxazole rings is 1. The van der Waals surface area contributed by atoms with E-state index in [0.29, 0.717) is 46.8 Å². The number of aryl methyl sites for hydroxylation is 1. The fraction of sp³-hybridized carbons (Fsp3) is 0.278. The van der Waals surface area contributed by atoms with Crippen LogP contribution in [0.2, 0.25) is 0 Å². The van der Waals surface area contributed by atoms with Crippen molar-refractivity contribution in [3.8, 4) is 22.3 Å². The van der Waals surface area contributed by atoms with Crippen LogP contribution in [-0.2, 0) is 11.2 Å². The number of rotatable bonds is 8. The van der Waals surface area contributed by atoms with Crippen molar-refractivity contribution >= 4 is 28.6 Å². The zero-order valence-corrected chi connectivity index (χ0v) is 24.9. The molecule has 7 rings (SSSR count). The van der Waals surface area contributed by atoms with E-state index in [0.717, 1.165) is 28.7 Å². The summed E-state index contributed by atoms with van der Waals surface area (Å²) in [5.41, 5.74) is 11.3. The molecule has 5 aromatic rings. The van der Waals surface area contributed by atoms with E-state index >= 15 is 0 Å². The van der Waals surface area contributed by atoms with Gasteiger partial charge < -0.3 is 15.1 Å². The summed E-state index contributed by atoms with van der Waals surface area (Å²) in [5, 5.41) is 0. The van der Waals surface area contributed by atoms with Crippen LogP contribution in [0.25, 0.3) is 33.4 Å². The third-order valence-corrected chi connectivity index (χ3v) is 8.96. The number of halogens is 3. The number of anilines is 1. The van der Waals surface area contributed by atoms with Crippen molar-refractivity contribution < 1.29 is 27.2 Å². The number of likely N-dealkylation sites (tertiary alicyclic amines) is 1. The molecule has 0 unspecified atom stereocenters. The van der Waals surface area contributed by atoms with Crippen molar-refractivity contribution in [3.05, 3.63) is 102 Å². The Kier molecular flexibility index (Phi) is 7.58. The van der Waals surface area contributed by atoms with Crippen LogP contribution in [0.4, 0.5) is 19.0 Å². The van der Waals surface area contributed by atoms with Gasteiger partial charge >= 0.3 is 0 Å². The minimum Gasteiger partial charge on any atom is -0.440 e. The van der Waals surface area contributed by atoms with Gasteiger partial charge in [0, 0.05) is 62.0 Å². The minimum absolute atomic E-state index is 0.0205. The zero-order chi connectivity index (χ0) is 32.0. The summed E-state index contributed by atoms with van der Waals surface area (Å²) in [6, 6.07) is 20.6. The van der Waals surface area contributed by atoms with Gasteiger partial charge in [0.15, 0.2) is 11.5 Å². The van der Waals surface area contributed by atoms with Crippen LogP contribution in [-0.4, -0.2) is 45.6 Å². The molecule has 7 nitrogen and oxygen atoms in total. The Bertz CT molecular complexity index is 1910. The highest BCUT2D eigenvalue weighted by Gasteiger charge is 2.43. The average molecular weight is 625 g/mol. The Morgan fingerprint density at radius 1 is 0.935 bits per heavy atom. The van der Waals surface area contributed by atoms with Crippen molar-refractivity contribution in [1.29, 1.82) is 0 Å². The molecule has 2 atom stereocenters. The Balaban J connectivity index is 1.12. The summed E-state index contributed by atoms with van der Waals surface area (Å²) in [4.78, 5) is 36.3. The molecule has 0 spiro atoms. The van der Waals surface area contributed by atoms with E-state index in [2.05, 4.69) is 4.98 Å².